The molecule has 1 aliphatic heterocycles. The molecule has 128 valence electrons. The largest absolute Gasteiger partial charge is 0.486 e. The number of rotatable bonds is 7. The lowest BCUT2D eigenvalue weighted by Crippen LogP contribution is -2.05. The first-order chi connectivity index (χ1) is 11.6. The second-order valence-corrected chi connectivity index (χ2v) is 6.40. The van der Waals surface area contributed by atoms with Crippen molar-refractivity contribution in [2.45, 2.75) is 39.7 Å². The van der Waals surface area contributed by atoms with E-state index in [2.05, 4.69) is 12.1 Å². The SMILES string of the molecule is Cc1ccc(OCc2cc(C(=O)CCC3CCOC3)no2)cc1C. The Morgan fingerprint density at radius 3 is 2.92 bits per heavy atom. The molecule has 0 N–H and O–H groups in total. The van der Waals surface area contributed by atoms with E-state index in [1.54, 1.807) is 6.07 Å². The van der Waals surface area contributed by atoms with Gasteiger partial charge in [-0.25, -0.2) is 0 Å². The van der Waals surface area contributed by atoms with Gasteiger partial charge in [0.2, 0.25) is 0 Å². The molecular weight excluding hydrogens is 306 g/mol. The molecule has 0 saturated carbocycles. The number of ketones is 1. The number of nitrogens with zero attached hydrogens (tertiary/aromatic N) is 1. The minimum atomic E-state index is 0.0167. The average Bonchev–Trinajstić information content (AvgIpc) is 3.25. The van der Waals surface area contributed by atoms with Crippen LogP contribution in [0.25, 0.3) is 0 Å². The van der Waals surface area contributed by atoms with Crippen molar-refractivity contribution in [3.05, 3.63) is 46.8 Å². The Kier molecular flexibility index (Phi) is 5.30. The molecule has 0 radical (unpaired) electrons. The predicted octanol–water partition coefficient (Wildman–Crippen LogP) is 3.87. The van der Waals surface area contributed by atoms with Crippen molar-refractivity contribution in [1.82, 2.24) is 5.16 Å². The highest BCUT2D eigenvalue weighted by Crippen LogP contribution is 2.20. The zero-order valence-electron chi connectivity index (χ0n) is 14.2. The van der Waals surface area contributed by atoms with E-state index < -0.39 is 0 Å². The van der Waals surface area contributed by atoms with Crippen molar-refractivity contribution in [3.63, 3.8) is 0 Å². The molecule has 1 aromatic carbocycles. The van der Waals surface area contributed by atoms with Crippen molar-refractivity contribution in [2.75, 3.05) is 13.2 Å². The van der Waals surface area contributed by atoms with Gasteiger partial charge in [-0.05, 0) is 55.9 Å². The summed E-state index contributed by atoms with van der Waals surface area (Å²) >= 11 is 0. The van der Waals surface area contributed by atoms with Crippen LogP contribution in [0.1, 0.15) is 46.6 Å². The molecule has 24 heavy (non-hydrogen) atoms. The highest BCUT2D eigenvalue weighted by atomic mass is 16.5. The summed E-state index contributed by atoms with van der Waals surface area (Å²) in [5.41, 5.74) is 2.78. The maximum Gasteiger partial charge on any atom is 0.184 e. The monoisotopic (exact) mass is 329 g/mol. The summed E-state index contributed by atoms with van der Waals surface area (Å²) in [6, 6.07) is 7.61. The molecule has 0 spiro atoms. The fraction of sp³-hybridized carbons (Fsp3) is 0.474. The van der Waals surface area contributed by atoms with Crippen molar-refractivity contribution in [3.8, 4) is 5.75 Å². The molecule has 1 saturated heterocycles. The zero-order chi connectivity index (χ0) is 16.9. The molecule has 5 heteroatoms. The third-order valence-corrected chi connectivity index (χ3v) is 4.51. The average molecular weight is 329 g/mol. The molecule has 3 rings (SSSR count). The maximum absolute atomic E-state index is 12.2. The molecule has 1 aliphatic rings. The van der Waals surface area contributed by atoms with Crippen LogP contribution < -0.4 is 4.74 Å². The Morgan fingerprint density at radius 1 is 1.29 bits per heavy atom. The summed E-state index contributed by atoms with van der Waals surface area (Å²) in [5, 5.41) is 3.87. The van der Waals surface area contributed by atoms with Crippen LogP contribution in [0.15, 0.2) is 28.8 Å². The molecule has 0 aliphatic carbocycles. The lowest BCUT2D eigenvalue weighted by atomic mass is 10.00. The minimum absolute atomic E-state index is 0.0167. The topological polar surface area (TPSA) is 61.6 Å². The van der Waals surface area contributed by atoms with Crippen LogP contribution in [0.4, 0.5) is 0 Å². The molecule has 1 fully saturated rings. The third kappa shape index (κ3) is 4.23. The number of aryl methyl sites for hydroxylation is 2. The maximum atomic E-state index is 12.2. The summed E-state index contributed by atoms with van der Waals surface area (Å²) in [7, 11) is 0. The normalized spacial score (nSPS) is 17.2. The summed E-state index contributed by atoms with van der Waals surface area (Å²) in [5.74, 6) is 1.85. The van der Waals surface area contributed by atoms with Gasteiger partial charge in [-0.2, -0.15) is 0 Å². The van der Waals surface area contributed by atoms with E-state index in [9.17, 15) is 4.79 Å². The van der Waals surface area contributed by atoms with Crippen molar-refractivity contribution < 1.29 is 18.8 Å². The number of hydrogen-bond acceptors (Lipinski definition) is 5. The smallest absolute Gasteiger partial charge is 0.184 e. The van der Waals surface area contributed by atoms with Gasteiger partial charge in [-0.15, -0.1) is 0 Å². The number of ether oxygens (including phenoxy) is 2. The first-order valence-electron chi connectivity index (χ1n) is 8.38. The van der Waals surface area contributed by atoms with Gasteiger partial charge in [0.25, 0.3) is 0 Å². The number of aromatic nitrogens is 1. The van der Waals surface area contributed by atoms with Gasteiger partial charge in [0.05, 0.1) is 0 Å². The van der Waals surface area contributed by atoms with Gasteiger partial charge in [0.1, 0.15) is 18.1 Å². The number of carbonyl (C=O) groups is 1. The molecule has 0 amide bonds. The molecular formula is C19H23NO4. The molecule has 1 aromatic heterocycles. The molecule has 2 heterocycles. The highest BCUT2D eigenvalue weighted by molar-refractivity contribution is 5.94. The van der Waals surface area contributed by atoms with E-state index >= 15 is 0 Å². The van der Waals surface area contributed by atoms with Crippen molar-refractivity contribution in [2.24, 2.45) is 5.92 Å². The predicted molar refractivity (Wildman–Crippen MR) is 89.2 cm³/mol. The molecule has 5 nitrogen and oxygen atoms in total. The van der Waals surface area contributed by atoms with E-state index in [1.807, 2.05) is 25.1 Å². The summed E-state index contributed by atoms with van der Waals surface area (Å²) in [6.45, 7) is 5.94. The molecule has 2 aromatic rings. The number of Topliss-reactive ketones (excluding diaryl/α,β-unsaturated/α-hetero) is 1. The lowest BCUT2D eigenvalue weighted by Gasteiger charge is -2.06. The van der Waals surface area contributed by atoms with Gasteiger partial charge in [0.15, 0.2) is 11.5 Å². The quantitative estimate of drug-likeness (QED) is 0.722. The fourth-order valence-electron chi connectivity index (χ4n) is 2.74. The van der Waals surface area contributed by atoms with Gasteiger partial charge >= 0.3 is 0 Å². The second kappa shape index (κ2) is 7.62. The minimum Gasteiger partial charge on any atom is -0.486 e. The van der Waals surface area contributed by atoms with Gasteiger partial charge in [0, 0.05) is 25.7 Å². The molecule has 1 atom stereocenters. The van der Waals surface area contributed by atoms with Crippen LogP contribution in [0.2, 0.25) is 0 Å². The van der Waals surface area contributed by atoms with Crippen LogP contribution in [0.5, 0.6) is 5.75 Å². The van der Waals surface area contributed by atoms with E-state index in [-0.39, 0.29) is 12.4 Å². The van der Waals surface area contributed by atoms with Crippen LogP contribution in [-0.4, -0.2) is 24.2 Å². The van der Waals surface area contributed by atoms with E-state index in [0.717, 1.165) is 31.8 Å². The molecule has 1 unspecified atom stereocenters. The van der Waals surface area contributed by atoms with Gasteiger partial charge in [-0.1, -0.05) is 11.2 Å². The Morgan fingerprint density at radius 2 is 2.17 bits per heavy atom. The van der Waals surface area contributed by atoms with Gasteiger partial charge in [-0.3, -0.25) is 4.79 Å². The number of benzene rings is 1. The van der Waals surface area contributed by atoms with Crippen LogP contribution in [-0.2, 0) is 11.3 Å². The lowest BCUT2D eigenvalue weighted by molar-refractivity contribution is 0.0962. The Bertz CT molecular complexity index is 701. The van der Waals surface area contributed by atoms with E-state index in [0.29, 0.717) is 23.8 Å². The summed E-state index contributed by atoms with van der Waals surface area (Å²) in [4.78, 5) is 12.2. The second-order valence-electron chi connectivity index (χ2n) is 6.40. The highest BCUT2D eigenvalue weighted by Gasteiger charge is 2.19. The Balaban J connectivity index is 1.50. The number of carbonyl (C=O) groups excluding carboxylic acids is 1. The standard InChI is InChI=1S/C19H23NO4/c1-13-3-5-16(9-14(13)2)23-12-17-10-18(20-24-17)19(21)6-4-15-7-8-22-11-15/h3,5,9-10,15H,4,6-8,11-12H2,1-2H3. The van der Waals surface area contributed by atoms with Crippen molar-refractivity contribution in [1.29, 1.82) is 0 Å². The van der Waals surface area contributed by atoms with Crippen LogP contribution in [0, 0.1) is 19.8 Å². The zero-order valence-corrected chi connectivity index (χ0v) is 14.2. The van der Waals surface area contributed by atoms with Crippen LogP contribution in [0.3, 0.4) is 0 Å². The Labute approximate surface area is 141 Å². The van der Waals surface area contributed by atoms with E-state index in [4.69, 9.17) is 14.0 Å². The van der Waals surface area contributed by atoms with Gasteiger partial charge < -0.3 is 14.0 Å². The Hall–Kier alpha value is -2.14. The third-order valence-electron chi connectivity index (χ3n) is 4.51. The first kappa shape index (κ1) is 16.7. The number of hydrogen-bond donors (Lipinski definition) is 0. The summed E-state index contributed by atoms with van der Waals surface area (Å²) in [6.07, 6.45) is 2.37. The molecule has 0 bridgehead atoms. The summed E-state index contributed by atoms with van der Waals surface area (Å²) < 4.78 is 16.2. The van der Waals surface area contributed by atoms with Crippen LogP contribution >= 0.6 is 0 Å². The van der Waals surface area contributed by atoms with Crippen molar-refractivity contribution >= 4 is 5.78 Å². The fourth-order valence-corrected chi connectivity index (χ4v) is 2.74. The first-order valence-corrected chi connectivity index (χ1v) is 8.38. The van der Waals surface area contributed by atoms with E-state index in [1.165, 1.54) is 11.1 Å².